The van der Waals surface area contributed by atoms with E-state index in [1.807, 2.05) is 52.9 Å². The van der Waals surface area contributed by atoms with Crippen LogP contribution >= 0.6 is 0 Å². The van der Waals surface area contributed by atoms with Gasteiger partial charge in [0, 0.05) is 12.8 Å². The quantitative estimate of drug-likeness (QED) is 0.264. The van der Waals surface area contributed by atoms with Gasteiger partial charge in [-0.25, -0.2) is 4.98 Å². The maximum absolute atomic E-state index is 13.7. The average molecular weight is 581 g/mol. The molecule has 43 heavy (non-hydrogen) atoms. The fraction of sp³-hybridized carbons (Fsp3) is 0.429. The summed E-state index contributed by atoms with van der Waals surface area (Å²) in [4.78, 5) is 38.1. The summed E-state index contributed by atoms with van der Waals surface area (Å²) in [5.41, 5.74) is 5.52. The lowest BCUT2D eigenvalue weighted by atomic mass is 9.94. The third kappa shape index (κ3) is 5.63. The maximum atomic E-state index is 13.7. The van der Waals surface area contributed by atoms with Gasteiger partial charge in [0.25, 0.3) is 11.5 Å². The van der Waals surface area contributed by atoms with Gasteiger partial charge in [-0.3, -0.25) is 19.1 Å². The van der Waals surface area contributed by atoms with Gasteiger partial charge in [-0.05, 0) is 100 Å². The van der Waals surface area contributed by atoms with Crippen molar-refractivity contribution in [3.63, 3.8) is 0 Å². The third-order valence-corrected chi connectivity index (χ3v) is 8.99. The number of ether oxygens (including phenoxy) is 2. The monoisotopic (exact) mass is 580 g/mol. The van der Waals surface area contributed by atoms with Crippen molar-refractivity contribution in [2.24, 2.45) is 4.99 Å². The number of hydrogen-bond donors (Lipinski definition) is 0. The first-order valence-corrected chi connectivity index (χ1v) is 15.5. The van der Waals surface area contributed by atoms with E-state index in [0.29, 0.717) is 28.8 Å². The molecule has 0 spiro atoms. The van der Waals surface area contributed by atoms with Crippen LogP contribution in [0.5, 0.6) is 11.5 Å². The molecule has 2 aliphatic heterocycles. The van der Waals surface area contributed by atoms with Gasteiger partial charge < -0.3 is 14.4 Å². The second-order valence-corrected chi connectivity index (χ2v) is 11.8. The first kappa shape index (κ1) is 28.9. The van der Waals surface area contributed by atoms with Crippen molar-refractivity contribution >= 4 is 28.7 Å². The summed E-state index contributed by atoms with van der Waals surface area (Å²) in [6.07, 6.45) is 12.6. The van der Waals surface area contributed by atoms with Crippen molar-refractivity contribution in [1.82, 2.24) is 14.5 Å². The normalized spacial score (nSPS) is 19.5. The second-order valence-electron chi connectivity index (χ2n) is 11.8. The molecule has 1 aromatic heterocycles. The van der Waals surface area contributed by atoms with Crippen molar-refractivity contribution in [1.29, 1.82) is 0 Å². The van der Waals surface area contributed by atoms with Gasteiger partial charge in [0.1, 0.15) is 17.3 Å². The number of hydrogen-bond acceptors (Lipinski definition) is 6. The fourth-order valence-electron chi connectivity index (χ4n) is 6.60. The topological polar surface area (TPSA) is 86.0 Å². The summed E-state index contributed by atoms with van der Waals surface area (Å²) >= 11 is 0. The number of carbonyl (C=O) groups is 1. The van der Waals surface area contributed by atoms with Crippen LogP contribution in [-0.2, 0) is 6.42 Å². The van der Waals surface area contributed by atoms with Gasteiger partial charge in [0.15, 0.2) is 0 Å². The number of rotatable bonds is 9. The summed E-state index contributed by atoms with van der Waals surface area (Å²) in [5.74, 6) is 2.15. The zero-order chi connectivity index (χ0) is 30.1. The Bertz CT molecular complexity index is 1720. The number of benzene rings is 2. The molecule has 6 rings (SSSR count). The molecule has 1 fully saturated rings. The van der Waals surface area contributed by atoms with E-state index in [-0.39, 0.29) is 23.6 Å². The van der Waals surface area contributed by atoms with E-state index < -0.39 is 0 Å². The summed E-state index contributed by atoms with van der Waals surface area (Å²) in [6.45, 7) is 7.45. The predicted octanol–water partition coefficient (Wildman–Crippen LogP) is 6.66. The minimum atomic E-state index is -0.0316. The highest BCUT2D eigenvalue weighted by molar-refractivity contribution is 6.03. The van der Waals surface area contributed by atoms with Crippen LogP contribution < -0.4 is 15.0 Å². The molecule has 0 radical (unpaired) electrons. The molecule has 1 aliphatic carbocycles. The number of aliphatic imine (C=N–C) groups is 1. The zero-order valence-electron chi connectivity index (χ0n) is 25.6. The van der Waals surface area contributed by atoms with E-state index in [1.165, 1.54) is 11.1 Å². The minimum Gasteiger partial charge on any atom is -0.496 e. The second kappa shape index (κ2) is 12.2. The Morgan fingerprint density at radius 3 is 2.74 bits per heavy atom. The maximum Gasteiger partial charge on any atom is 0.262 e. The molecule has 2 aromatic carbocycles. The fourth-order valence-corrected chi connectivity index (χ4v) is 6.60. The molecule has 2 atom stereocenters. The van der Waals surface area contributed by atoms with Crippen LogP contribution in [0, 0.1) is 6.92 Å². The molecule has 8 nitrogen and oxygen atoms in total. The molecule has 0 bridgehead atoms. The van der Waals surface area contributed by atoms with Crippen LogP contribution in [0.1, 0.15) is 80.2 Å². The van der Waals surface area contributed by atoms with Crippen molar-refractivity contribution in [2.75, 3.05) is 20.3 Å². The van der Waals surface area contributed by atoms with Crippen molar-refractivity contribution in [2.45, 2.75) is 77.8 Å². The highest BCUT2D eigenvalue weighted by Gasteiger charge is 2.32. The first-order chi connectivity index (χ1) is 20.9. The smallest absolute Gasteiger partial charge is 0.262 e. The Balaban J connectivity index is 1.11. The SMILES string of the molecule is CCC1=CCC(n2c(C)nc3ccc(OCCCCc4cc5c(cc4OC)C(=O)N4CCCC4C=N5)cc3c2=O)C(C)=C1. The van der Waals surface area contributed by atoms with Crippen LogP contribution in [0.15, 0.2) is 63.4 Å². The lowest BCUT2D eigenvalue weighted by Gasteiger charge is -2.25. The number of carbonyl (C=O) groups excluding carboxylic acids is 1. The van der Waals surface area contributed by atoms with Crippen molar-refractivity contribution in [3.8, 4) is 11.5 Å². The zero-order valence-corrected chi connectivity index (χ0v) is 25.6. The first-order valence-electron chi connectivity index (χ1n) is 15.5. The molecule has 1 saturated heterocycles. The number of amides is 1. The van der Waals surface area contributed by atoms with Crippen LogP contribution in [0.3, 0.4) is 0 Å². The van der Waals surface area contributed by atoms with Crippen LogP contribution in [-0.4, -0.2) is 52.9 Å². The van der Waals surface area contributed by atoms with E-state index >= 15 is 0 Å². The summed E-state index contributed by atoms with van der Waals surface area (Å²) in [7, 11) is 1.65. The molecule has 3 heterocycles. The van der Waals surface area contributed by atoms with Crippen molar-refractivity contribution in [3.05, 3.63) is 80.9 Å². The molecule has 2 unspecified atom stereocenters. The lowest BCUT2D eigenvalue weighted by molar-refractivity contribution is 0.0774. The Morgan fingerprint density at radius 1 is 1.09 bits per heavy atom. The summed E-state index contributed by atoms with van der Waals surface area (Å²) < 4.78 is 13.6. The molecular formula is C35H40N4O4. The number of aryl methyl sites for hydroxylation is 2. The molecule has 0 saturated carbocycles. The number of nitrogens with zero attached hydrogens (tertiary/aromatic N) is 4. The highest BCUT2D eigenvalue weighted by Crippen LogP contribution is 2.35. The number of fused-ring (bicyclic) bond motifs is 3. The van der Waals surface area contributed by atoms with Gasteiger partial charge in [-0.15, -0.1) is 0 Å². The number of aromatic nitrogens is 2. The van der Waals surface area contributed by atoms with E-state index in [4.69, 9.17) is 14.5 Å². The van der Waals surface area contributed by atoms with E-state index in [9.17, 15) is 9.59 Å². The van der Waals surface area contributed by atoms with Crippen molar-refractivity contribution < 1.29 is 14.3 Å². The standard InChI is InChI=1S/C35H40N4O4/c1-5-24-11-14-32(22(2)17-24)39-23(3)37-30-13-12-27(19-28(30)35(39)41)43-16-7-6-9-25-18-31-29(20-33(25)42-4)34(40)38-15-8-10-26(38)21-36-31/h11-13,17-21,26,32H,5-10,14-16H2,1-4H3. The van der Waals surface area contributed by atoms with Gasteiger partial charge in [0.2, 0.25) is 0 Å². The van der Waals surface area contributed by atoms with E-state index in [2.05, 4.69) is 31.0 Å². The van der Waals surface area contributed by atoms with E-state index in [0.717, 1.165) is 74.3 Å². The van der Waals surface area contributed by atoms with E-state index in [1.54, 1.807) is 7.11 Å². The number of methoxy groups -OCH3 is 1. The lowest BCUT2D eigenvalue weighted by Crippen LogP contribution is -2.35. The largest absolute Gasteiger partial charge is 0.496 e. The minimum absolute atomic E-state index is 0.0183. The summed E-state index contributed by atoms with van der Waals surface area (Å²) in [6, 6.07) is 9.50. The molecule has 3 aliphatic rings. The molecule has 224 valence electrons. The summed E-state index contributed by atoms with van der Waals surface area (Å²) in [5, 5.41) is 0.575. The van der Waals surface area contributed by atoms with Gasteiger partial charge in [-0.2, -0.15) is 0 Å². The molecular weight excluding hydrogens is 540 g/mol. The number of allylic oxidation sites excluding steroid dienone is 4. The van der Waals surface area contributed by atoms with Crippen LogP contribution in [0.2, 0.25) is 0 Å². The molecule has 3 aromatic rings. The Kier molecular flexibility index (Phi) is 8.19. The Labute approximate surface area is 252 Å². The molecule has 1 amide bonds. The predicted molar refractivity (Wildman–Crippen MR) is 170 cm³/mol. The Hall–Kier alpha value is -4.20. The van der Waals surface area contributed by atoms with Crippen LogP contribution in [0.25, 0.3) is 10.9 Å². The number of unbranched alkanes of at least 4 members (excludes halogenated alkanes) is 1. The highest BCUT2D eigenvalue weighted by atomic mass is 16.5. The third-order valence-electron chi connectivity index (χ3n) is 8.99. The van der Waals surface area contributed by atoms with Gasteiger partial charge >= 0.3 is 0 Å². The molecule has 8 heteroatoms. The van der Waals surface area contributed by atoms with Crippen LogP contribution in [0.4, 0.5) is 5.69 Å². The Morgan fingerprint density at radius 2 is 1.95 bits per heavy atom. The average Bonchev–Trinajstić information content (AvgIpc) is 3.44. The van der Waals surface area contributed by atoms with Gasteiger partial charge in [0.05, 0.1) is 48.0 Å². The molecule has 0 N–H and O–H groups in total. The van der Waals surface area contributed by atoms with Gasteiger partial charge in [-0.1, -0.05) is 24.6 Å².